The molecule has 4 nitrogen and oxygen atoms in total. The second-order valence-corrected chi connectivity index (χ2v) is 6.28. The van der Waals surface area contributed by atoms with Crippen LogP contribution in [0.1, 0.15) is 16.9 Å². The van der Waals surface area contributed by atoms with Gasteiger partial charge in [0.05, 0.1) is 6.26 Å². The number of thiocarbonyl (C=S) groups is 1. The van der Waals surface area contributed by atoms with Crippen LogP contribution in [0, 0.1) is 17.4 Å². The number of furan rings is 1. The van der Waals surface area contributed by atoms with Crippen molar-refractivity contribution in [2.45, 2.75) is 13.8 Å². The second-order valence-electron chi connectivity index (χ2n) is 4.71. The third kappa shape index (κ3) is 4.67. The van der Waals surface area contributed by atoms with Gasteiger partial charge in [0.2, 0.25) is 5.91 Å². The van der Waals surface area contributed by atoms with Gasteiger partial charge in [0.25, 0.3) is 0 Å². The van der Waals surface area contributed by atoms with Crippen LogP contribution in [0.4, 0.5) is 5.69 Å². The van der Waals surface area contributed by atoms with Gasteiger partial charge in [0, 0.05) is 15.3 Å². The van der Waals surface area contributed by atoms with Crippen molar-refractivity contribution in [3.05, 3.63) is 57.1 Å². The second kappa shape index (κ2) is 7.55. The molecule has 0 saturated carbocycles. The molecule has 0 fully saturated rings. The number of carbonyl (C=O) groups is 1. The topological polar surface area (TPSA) is 54.3 Å². The largest absolute Gasteiger partial charge is 0.465 e. The molecule has 1 heterocycles. The quantitative estimate of drug-likeness (QED) is 0.442. The molecule has 0 aliphatic heterocycles. The molecule has 2 N–H and O–H groups in total. The van der Waals surface area contributed by atoms with Crippen LogP contribution < -0.4 is 10.6 Å². The number of hydrogen-bond acceptors (Lipinski definition) is 3. The molecule has 0 atom stereocenters. The van der Waals surface area contributed by atoms with E-state index >= 15 is 0 Å². The van der Waals surface area contributed by atoms with Crippen molar-refractivity contribution >= 4 is 57.6 Å². The lowest BCUT2D eigenvalue weighted by atomic mass is 10.1. The lowest BCUT2D eigenvalue weighted by molar-refractivity contribution is -0.115. The van der Waals surface area contributed by atoms with Crippen LogP contribution in [-0.4, -0.2) is 11.0 Å². The van der Waals surface area contributed by atoms with E-state index < -0.39 is 0 Å². The number of halogens is 1. The summed E-state index contributed by atoms with van der Waals surface area (Å²) < 4.78 is 6.30. The molecule has 2 rings (SSSR count). The third-order valence-electron chi connectivity index (χ3n) is 2.93. The number of aryl methyl sites for hydroxylation is 2. The van der Waals surface area contributed by atoms with Crippen LogP contribution in [0.5, 0.6) is 0 Å². The number of nitrogens with one attached hydrogen (secondary N) is 2. The van der Waals surface area contributed by atoms with Crippen LogP contribution >= 0.6 is 34.8 Å². The fraction of sp³-hybridized carbons (Fsp3) is 0.125. The van der Waals surface area contributed by atoms with E-state index in [-0.39, 0.29) is 11.0 Å². The molecule has 1 amide bonds. The predicted octanol–water partition coefficient (Wildman–Crippen LogP) is 4.03. The zero-order valence-corrected chi connectivity index (χ0v) is 15.1. The molecule has 22 heavy (non-hydrogen) atoms. The number of carbonyl (C=O) groups excluding carboxylic acids is 1. The summed E-state index contributed by atoms with van der Waals surface area (Å²) in [7, 11) is 0. The molecule has 0 bridgehead atoms. The summed E-state index contributed by atoms with van der Waals surface area (Å²) in [4.78, 5) is 11.8. The van der Waals surface area contributed by atoms with Crippen molar-refractivity contribution in [1.29, 1.82) is 0 Å². The number of anilines is 1. The molecular weight excluding hydrogens is 411 g/mol. The molecular formula is C16H15IN2O2S. The number of amides is 1. The van der Waals surface area contributed by atoms with E-state index in [9.17, 15) is 4.79 Å². The van der Waals surface area contributed by atoms with E-state index in [1.807, 2.05) is 19.9 Å². The van der Waals surface area contributed by atoms with Gasteiger partial charge in [-0.05, 0) is 90.1 Å². The van der Waals surface area contributed by atoms with Crippen LogP contribution in [0.3, 0.4) is 0 Å². The van der Waals surface area contributed by atoms with E-state index in [0.717, 1.165) is 16.8 Å². The molecule has 0 saturated heterocycles. The Morgan fingerprint density at radius 2 is 2.09 bits per heavy atom. The zero-order valence-electron chi connectivity index (χ0n) is 12.1. The first-order valence-corrected chi connectivity index (χ1v) is 8.04. The summed E-state index contributed by atoms with van der Waals surface area (Å²) in [6.07, 6.45) is 4.50. The van der Waals surface area contributed by atoms with Crippen molar-refractivity contribution in [2.75, 3.05) is 5.32 Å². The number of rotatable bonds is 3. The molecule has 6 heteroatoms. The van der Waals surface area contributed by atoms with Gasteiger partial charge in [-0.2, -0.15) is 0 Å². The first-order valence-electron chi connectivity index (χ1n) is 6.56. The van der Waals surface area contributed by atoms with Crippen molar-refractivity contribution in [3.63, 3.8) is 0 Å². The normalized spacial score (nSPS) is 10.7. The molecule has 1 aromatic carbocycles. The summed E-state index contributed by atoms with van der Waals surface area (Å²) in [5, 5.41) is 5.91. The van der Waals surface area contributed by atoms with Crippen molar-refractivity contribution < 1.29 is 9.21 Å². The highest BCUT2D eigenvalue weighted by Gasteiger charge is 2.06. The van der Waals surface area contributed by atoms with Crippen LogP contribution in [-0.2, 0) is 4.79 Å². The van der Waals surface area contributed by atoms with Crippen LogP contribution in [0.2, 0.25) is 0 Å². The Bertz CT molecular complexity index is 724. The summed E-state index contributed by atoms with van der Waals surface area (Å²) >= 11 is 7.45. The Labute approximate surface area is 148 Å². The minimum atomic E-state index is -0.311. The Balaban J connectivity index is 1.95. The summed E-state index contributed by atoms with van der Waals surface area (Å²) in [6, 6.07) is 7.59. The van der Waals surface area contributed by atoms with Gasteiger partial charge in [-0.1, -0.05) is 0 Å². The molecule has 0 unspecified atom stereocenters. The van der Waals surface area contributed by atoms with Gasteiger partial charge in [0.15, 0.2) is 5.11 Å². The fourth-order valence-corrected chi connectivity index (χ4v) is 2.60. The average molecular weight is 426 g/mol. The van der Waals surface area contributed by atoms with E-state index in [4.69, 9.17) is 16.6 Å². The number of benzene rings is 1. The molecule has 2 aromatic rings. The zero-order chi connectivity index (χ0) is 16.1. The van der Waals surface area contributed by atoms with E-state index in [1.165, 1.54) is 9.65 Å². The monoisotopic (exact) mass is 426 g/mol. The third-order valence-corrected chi connectivity index (χ3v) is 4.30. The average Bonchev–Trinajstić information content (AvgIpc) is 2.95. The smallest absolute Gasteiger partial charge is 0.250 e. The summed E-state index contributed by atoms with van der Waals surface area (Å²) in [5.74, 6) is 0.298. The maximum atomic E-state index is 11.8. The summed E-state index contributed by atoms with van der Waals surface area (Å²) in [5.41, 5.74) is 3.11. The van der Waals surface area contributed by atoms with Crippen LogP contribution in [0.25, 0.3) is 6.08 Å². The molecule has 114 valence electrons. The first-order chi connectivity index (χ1) is 10.5. The summed E-state index contributed by atoms with van der Waals surface area (Å²) in [6.45, 7) is 4.02. The van der Waals surface area contributed by atoms with Crippen LogP contribution in [0.15, 0.2) is 41.0 Å². The Hall–Kier alpha value is -1.67. The van der Waals surface area contributed by atoms with E-state index in [2.05, 4.69) is 39.3 Å². The van der Waals surface area contributed by atoms with Gasteiger partial charge < -0.3 is 9.73 Å². The van der Waals surface area contributed by atoms with Gasteiger partial charge in [-0.3, -0.25) is 10.1 Å². The molecule has 0 spiro atoms. The first kappa shape index (κ1) is 16.7. The standard InChI is InChI=1S/C16H15IN2O2S/c1-10-9-14(11(2)8-13(10)17)18-16(22)19-15(20)6-5-12-4-3-7-21-12/h3-9H,1-2H3,(H2,18,19,20,22)/b6-5+. The van der Waals surface area contributed by atoms with Gasteiger partial charge in [0.1, 0.15) is 5.76 Å². The highest BCUT2D eigenvalue weighted by Crippen LogP contribution is 2.21. The van der Waals surface area contributed by atoms with Gasteiger partial charge >= 0.3 is 0 Å². The van der Waals surface area contributed by atoms with E-state index in [0.29, 0.717) is 5.76 Å². The number of hydrogen-bond donors (Lipinski definition) is 2. The Kier molecular flexibility index (Phi) is 5.73. The molecule has 1 aromatic heterocycles. The lowest BCUT2D eigenvalue weighted by Gasteiger charge is -2.12. The van der Waals surface area contributed by atoms with Crippen molar-refractivity contribution in [2.24, 2.45) is 0 Å². The highest BCUT2D eigenvalue weighted by atomic mass is 127. The fourth-order valence-electron chi connectivity index (χ4n) is 1.77. The molecule has 0 radical (unpaired) electrons. The van der Waals surface area contributed by atoms with Crippen molar-refractivity contribution in [1.82, 2.24) is 5.32 Å². The van der Waals surface area contributed by atoms with Gasteiger partial charge in [-0.25, -0.2) is 0 Å². The maximum Gasteiger partial charge on any atom is 0.250 e. The van der Waals surface area contributed by atoms with Crippen molar-refractivity contribution in [3.8, 4) is 0 Å². The Morgan fingerprint density at radius 1 is 1.32 bits per heavy atom. The molecule has 0 aliphatic rings. The minimum Gasteiger partial charge on any atom is -0.465 e. The molecule has 0 aliphatic carbocycles. The maximum absolute atomic E-state index is 11.8. The lowest BCUT2D eigenvalue weighted by Crippen LogP contribution is -2.33. The van der Waals surface area contributed by atoms with Gasteiger partial charge in [-0.15, -0.1) is 0 Å². The Morgan fingerprint density at radius 3 is 2.77 bits per heavy atom. The SMILES string of the molecule is Cc1cc(NC(=S)NC(=O)/C=C/c2ccco2)c(C)cc1I. The highest BCUT2D eigenvalue weighted by molar-refractivity contribution is 14.1. The van der Waals surface area contributed by atoms with E-state index in [1.54, 1.807) is 24.5 Å². The minimum absolute atomic E-state index is 0.262. The predicted molar refractivity (Wildman–Crippen MR) is 101 cm³/mol.